The van der Waals surface area contributed by atoms with E-state index in [0.29, 0.717) is 25.0 Å². The predicted molar refractivity (Wildman–Crippen MR) is 122 cm³/mol. The van der Waals surface area contributed by atoms with Crippen molar-refractivity contribution in [2.45, 2.75) is 50.1 Å². The highest BCUT2D eigenvalue weighted by molar-refractivity contribution is 5.97. The van der Waals surface area contributed by atoms with Crippen LogP contribution in [0.3, 0.4) is 0 Å². The lowest BCUT2D eigenvalue weighted by Gasteiger charge is -2.47. The van der Waals surface area contributed by atoms with Crippen LogP contribution in [0, 0.1) is 5.92 Å². The van der Waals surface area contributed by atoms with Gasteiger partial charge in [0.05, 0.1) is 11.8 Å². The van der Waals surface area contributed by atoms with E-state index in [4.69, 9.17) is 9.26 Å². The molecule has 3 aromatic rings. The molecule has 2 aromatic carbocycles. The molecule has 2 saturated heterocycles. The number of ketones is 1. The molecular weight excluding hydrogens is 416 g/mol. The summed E-state index contributed by atoms with van der Waals surface area (Å²) in [6.45, 7) is 0.325. The number of rotatable bonds is 4. The zero-order valence-corrected chi connectivity index (χ0v) is 18.4. The van der Waals surface area contributed by atoms with Gasteiger partial charge in [-0.05, 0) is 54.4 Å². The van der Waals surface area contributed by atoms with Crippen molar-refractivity contribution in [1.82, 2.24) is 10.1 Å². The van der Waals surface area contributed by atoms with Gasteiger partial charge in [0.15, 0.2) is 5.78 Å². The minimum atomic E-state index is -0.248. The Morgan fingerprint density at radius 2 is 1.61 bits per heavy atom. The lowest BCUT2D eigenvalue weighted by atomic mass is 9.76. The number of hydrogen-bond donors (Lipinski definition) is 0. The maximum absolute atomic E-state index is 13.3. The molecule has 2 bridgehead atoms. The minimum absolute atomic E-state index is 0.0435. The Morgan fingerprint density at radius 3 is 2.21 bits per heavy atom. The van der Waals surface area contributed by atoms with Crippen LogP contribution in [0.2, 0.25) is 0 Å². The Labute approximate surface area is 192 Å². The molecule has 2 fully saturated rings. The normalized spacial score (nSPS) is 23.6. The number of amides is 1. The van der Waals surface area contributed by atoms with Crippen LogP contribution in [0.15, 0.2) is 65.5 Å². The van der Waals surface area contributed by atoms with Gasteiger partial charge >= 0.3 is 6.09 Å². The molecule has 6 nitrogen and oxygen atoms in total. The second-order valence-corrected chi connectivity index (χ2v) is 9.40. The molecule has 3 heterocycles. The van der Waals surface area contributed by atoms with E-state index in [9.17, 15) is 9.59 Å². The molecule has 0 N–H and O–H groups in total. The van der Waals surface area contributed by atoms with Crippen molar-refractivity contribution >= 4 is 11.9 Å². The van der Waals surface area contributed by atoms with Crippen LogP contribution >= 0.6 is 0 Å². The Bertz CT molecular complexity index is 1130. The number of carbonyl (C=O) groups excluding carboxylic acids is 2. The molecule has 1 amide bonds. The van der Waals surface area contributed by atoms with E-state index in [1.165, 1.54) is 34.7 Å². The van der Waals surface area contributed by atoms with Gasteiger partial charge in [-0.15, -0.1) is 0 Å². The SMILES string of the molecule is O=C(c1cnoc1)C1CC2CCCC(C1)N2C(=O)OCC1c2ccccc2-c2ccccc21. The monoisotopic (exact) mass is 442 g/mol. The summed E-state index contributed by atoms with van der Waals surface area (Å²) in [5.41, 5.74) is 5.39. The maximum Gasteiger partial charge on any atom is 0.410 e. The van der Waals surface area contributed by atoms with E-state index in [0.717, 1.165) is 19.3 Å². The van der Waals surface area contributed by atoms with Crippen molar-refractivity contribution in [3.63, 3.8) is 0 Å². The van der Waals surface area contributed by atoms with Crippen molar-refractivity contribution in [3.05, 3.63) is 77.7 Å². The van der Waals surface area contributed by atoms with Crippen LogP contribution < -0.4 is 0 Å². The number of ether oxygens (including phenoxy) is 1. The quantitative estimate of drug-likeness (QED) is 0.503. The number of nitrogens with zero attached hydrogens (tertiary/aromatic N) is 2. The van der Waals surface area contributed by atoms with E-state index in [-0.39, 0.29) is 35.8 Å². The molecule has 6 rings (SSSR count). The van der Waals surface area contributed by atoms with Crippen molar-refractivity contribution < 1.29 is 18.8 Å². The van der Waals surface area contributed by atoms with Crippen LogP contribution in [-0.4, -0.2) is 40.6 Å². The van der Waals surface area contributed by atoms with E-state index >= 15 is 0 Å². The molecule has 168 valence electrons. The summed E-state index contributed by atoms with van der Waals surface area (Å²) in [5, 5.41) is 3.67. The van der Waals surface area contributed by atoms with Crippen molar-refractivity contribution in [3.8, 4) is 11.1 Å². The van der Waals surface area contributed by atoms with Crippen molar-refractivity contribution in [1.29, 1.82) is 0 Å². The molecular formula is C27H26N2O4. The van der Waals surface area contributed by atoms with Crippen molar-refractivity contribution in [2.24, 2.45) is 5.92 Å². The molecule has 0 saturated carbocycles. The van der Waals surface area contributed by atoms with Crippen LogP contribution in [0.5, 0.6) is 0 Å². The summed E-state index contributed by atoms with van der Waals surface area (Å²) in [6.07, 6.45) is 6.89. The van der Waals surface area contributed by atoms with Gasteiger partial charge in [-0.2, -0.15) is 0 Å². The third-order valence-corrected chi connectivity index (χ3v) is 7.61. The third-order valence-electron chi connectivity index (χ3n) is 7.61. The predicted octanol–water partition coefficient (Wildman–Crippen LogP) is 5.44. The highest BCUT2D eigenvalue weighted by atomic mass is 16.6. The third kappa shape index (κ3) is 3.45. The molecule has 6 heteroatoms. The lowest BCUT2D eigenvalue weighted by molar-refractivity contribution is 0.00649. The summed E-state index contributed by atoms with van der Waals surface area (Å²) in [7, 11) is 0. The average Bonchev–Trinajstić information content (AvgIpc) is 3.48. The first kappa shape index (κ1) is 20.2. The fraction of sp³-hybridized carbons (Fsp3) is 0.370. The Morgan fingerprint density at radius 1 is 0.970 bits per heavy atom. The smallest absolute Gasteiger partial charge is 0.410 e. The van der Waals surface area contributed by atoms with E-state index in [1.807, 2.05) is 17.0 Å². The van der Waals surface area contributed by atoms with Crippen LogP contribution in [0.1, 0.15) is 59.5 Å². The maximum atomic E-state index is 13.3. The average molecular weight is 443 g/mol. The van der Waals surface area contributed by atoms with Crippen LogP contribution in [0.25, 0.3) is 11.1 Å². The molecule has 2 aliphatic heterocycles. The highest BCUT2D eigenvalue weighted by Crippen LogP contribution is 2.45. The number of carbonyl (C=O) groups is 2. The minimum Gasteiger partial charge on any atom is -0.448 e. The summed E-state index contributed by atoms with van der Waals surface area (Å²) in [4.78, 5) is 28.1. The number of hydrogen-bond acceptors (Lipinski definition) is 5. The molecule has 33 heavy (non-hydrogen) atoms. The Balaban J connectivity index is 1.17. The van der Waals surface area contributed by atoms with Crippen molar-refractivity contribution in [2.75, 3.05) is 6.61 Å². The fourth-order valence-corrected chi connectivity index (χ4v) is 6.12. The van der Waals surface area contributed by atoms with Gasteiger partial charge in [-0.3, -0.25) is 4.79 Å². The first-order valence-electron chi connectivity index (χ1n) is 11.8. The van der Waals surface area contributed by atoms with E-state index in [2.05, 4.69) is 41.6 Å². The molecule has 1 aromatic heterocycles. The molecule has 2 unspecified atom stereocenters. The van der Waals surface area contributed by atoms with Gasteiger partial charge in [0, 0.05) is 23.9 Å². The van der Waals surface area contributed by atoms with E-state index < -0.39 is 0 Å². The molecule has 3 aliphatic rings. The first-order valence-corrected chi connectivity index (χ1v) is 11.8. The molecule has 1 aliphatic carbocycles. The Hall–Kier alpha value is -3.41. The number of Topliss-reactive ketones (excluding diaryl/α,β-unsaturated/α-hetero) is 1. The molecule has 0 spiro atoms. The topological polar surface area (TPSA) is 72.6 Å². The summed E-state index contributed by atoms with van der Waals surface area (Å²) in [6, 6.07) is 16.8. The van der Waals surface area contributed by atoms with Gasteiger partial charge < -0.3 is 14.2 Å². The number of aromatic nitrogens is 1. The molecule has 0 radical (unpaired) electrons. The number of piperidine rings is 2. The summed E-state index contributed by atoms with van der Waals surface area (Å²) in [5.74, 6) is 0.0200. The second-order valence-electron chi connectivity index (χ2n) is 9.40. The fourth-order valence-electron chi connectivity index (χ4n) is 6.12. The van der Waals surface area contributed by atoms with Gasteiger partial charge in [-0.1, -0.05) is 53.7 Å². The standard InChI is InChI=1S/C27H26N2O4/c30-26(18-14-28-33-15-18)17-12-19-6-5-7-20(13-17)29(19)27(31)32-16-25-23-10-3-1-8-21(23)22-9-2-4-11-24(22)25/h1-4,8-11,14-15,17,19-20,25H,5-7,12-13,16H2. The van der Waals surface area contributed by atoms with Crippen LogP contribution in [0.4, 0.5) is 4.79 Å². The number of benzene rings is 2. The van der Waals surface area contributed by atoms with Gasteiger partial charge in [0.2, 0.25) is 0 Å². The molecule has 2 atom stereocenters. The lowest BCUT2D eigenvalue weighted by Crippen LogP contribution is -2.55. The second kappa shape index (κ2) is 8.18. The largest absolute Gasteiger partial charge is 0.448 e. The number of fused-ring (bicyclic) bond motifs is 5. The van der Waals surface area contributed by atoms with Crippen LogP contribution in [-0.2, 0) is 4.74 Å². The summed E-state index contributed by atoms with van der Waals surface area (Å²) < 4.78 is 10.8. The van der Waals surface area contributed by atoms with Gasteiger partial charge in [-0.25, -0.2) is 4.79 Å². The van der Waals surface area contributed by atoms with Gasteiger partial charge in [0.1, 0.15) is 12.9 Å². The first-order chi connectivity index (χ1) is 16.2. The summed E-state index contributed by atoms with van der Waals surface area (Å²) >= 11 is 0. The Kier molecular flexibility index (Phi) is 5.01. The zero-order chi connectivity index (χ0) is 22.4. The van der Waals surface area contributed by atoms with E-state index in [1.54, 1.807) is 0 Å². The van der Waals surface area contributed by atoms with Gasteiger partial charge in [0.25, 0.3) is 0 Å². The highest BCUT2D eigenvalue weighted by Gasteiger charge is 2.44. The zero-order valence-electron chi connectivity index (χ0n) is 18.4.